The van der Waals surface area contributed by atoms with Crippen LogP contribution in [0.15, 0.2) is 12.7 Å². The highest BCUT2D eigenvalue weighted by atomic mass is 32.2. The first-order valence-electron chi connectivity index (χ1n) is 25.6. The number of hydrogen-bond acceptors (Lipinski definition) is 23. The molecule has 74 heavy (non-hydrogen) atoms. The molecule has 7 N–H and O–H groups in total. The average molecular weight is 1130 g/mol. The average Bonchev–Trinajstić information content (AvgIpc) is 3.90. The lowest BCUT2D eigenvalue weighted by molar-refractivity contribution is -0.347. The van der Waals surface area contributed by atoms with Crippen LogP contribution in [0.3, 0.4) is 0 Å². The molecule has 426 valence electrons. The van der Waals surface area contributed by atoms with E-state index >= 15 is 0 Å². The molecule has 1 aliphatic heterocycles. The van der Waals surface area contributed by atoms with Crippen molar-refractivity contribution in [1.82, 2.24) is 30.2 Å². The number of hydrogen-bond donors (Lipinski definition) is 6. The number of aromatic nitrogens is 4. The monoisotopic (exact) mass is 1130 g/mol. The zero-order valence-corrected chi connectivity index (χ0v) is 46.3. The van der Waals surface area contributed by atoms with Crippen molar-refractivity contribution < 1.29 is 85.6 Å². The first-order valence-corrected chi connectivity index (χ1v) is 31.0. The van der Waals surface area contributed by atoms with Crippen LogP contribution in [0, 0.1) is 5.41 Å². The molecule has 0 bridgehead atoms. The third-order valence-corrected chi connectivity index (χ3v) is 16.3. The number of nitrogens with one attached hydrogen (secondary N) is 2. The summed E-state index contributed by atoms with van der Waals surface area (Å²) in [6, 6.07) is 0. The van der Waals surface area contributed by atoms with E-state index in [2.05, 4.69) is 50.4 Å². The number of anilines is 1. The molecular formula is C45H78N7O18P3S-4. The van der Waals surface area contributed by atoms with Gasteiger partial charge in [0.1, 0.15) is 42.4 Å². The van der Waals surface area contributed by atoms with E-state index in [4.69, 9.17) is 10.5 Å². The molecule has 0 aliphatic carbocycles. The lowest BCUT2D eigenvalue weighted by Crippen LogP contribution is -2.46. The SMILES string of the molecule is CCCCCCCCCCCCCCCCCCCCCCC(O)C(=O)SCCNC(=O)CCNC(=O)[C@H](O)C(C)(C)COP(=O)([O-])OP(=O)([O-])OC[C@H]1O[C@@H](n2cnc3c(N)ncnc32)[C@H](O)[C@@H]1OP(=O)([O-])[O-]. The molecule has 29 heteroatoms. The highest BCUT2D eigenvalue weighted by Gasteiger charge is 2.47. The number of amides is 2. The van der Waals surface area contributed by atoms with Gasteiger partial charge in [-0.3, -0.25) is 28.1 Å². The molecule has 2 aromatic rings. The maximum atomic E-state index is 12.7. The van der Waals surface area contributed by atoms with Crippen molar-refractivity contribution in [2.45, 2.75) is 199 Å². The van der Waals surface area contributed by atoms with Crippen LogP contribution in [0.4, 0.5) is 5.82 Å². The van der Waals surface area contributed by atoms with Gasteiger partial charge < -0.3 is 74.1 Å². The molecule has 1 fully saturated rings. The van der Waals surface area contributed by atoms with Gasteiger partial charge in [-0.2, -0.15) is 0 Å². The quantitative estimate of drug-likeness (QED) is 0.0408. The number of rotatable bonds is 41. The van der Waals surface area contributed by atoms with Crippen LogP contribution in [-0.2, 0) is 50.7 Å². The molecule has 25 nitrogen and oxygen atoms in total. The number of carbonyl (C=O) groups excluding carboxylic acids is 3. The van der Waals surface area contributed by atoms with E-state index in [-0.39, 0.29) is 47.4 Å². The fraction of sp³-hybridized carbons (Fsp3) is 0.822. The second-order valence-electron chi connectivity index (χ2n) is 19.2. The summed E-state index contributed by atoms with van der Waals surface area (Å²) in [5.41, 5.74) is 4.07. The number of imidazole rings is 1. The van der Waals surface area contributed by atoms with E-state index in [0.29, 0.717) is 6.42 Å². The Morgan fingerprint density at radius 3 is 1.91 bits per heavy atom. The predicted molar refractivity (Wildman–Crippen MR) is 267 cm³/mol. The summed E-state index contributed by atoms with van der Waals surface area (Å²) in [7, 11) is -17.7. The lowest BCUT2D eigenvalue weighted by atomic mass is 9.87. The summed E-state index contributed by atoms with van der Waals surface area (Å²) < 4.78 is 60.9. The van der Waals surface area contributed by atoms with Gasteiger partial charge in [0.25, 0.3) is 15.6 Å². The Morgan fingerprint density at radius 1 is 0.811 bits per heavy atom. The van der Waals surface area contributed by atoms with Crippen LogP contribution in [0.1, 0.15) is 168 Å². The van der Waals surface area contributed by atoms with E-state index in [1.54, 1.807) is 0 Å². The molecule has 2 aromatic heterocycles. The maximum absolute atomic E-state index is 12.7. The van der Waals surface area contributed by atoms with Crippen LogP contribution in [0.2, 0.25) is 0 Å². The number of unbranched alkanes of at least 4 members (excludes halogenated alkanes) is 19. The number of thioether (sulfide) groups is 1. The van der Waals surface area contributed by atoms with E-state index in [0.717, 1.165) is 54.7 Å². The van der Waals surface area contributed by atoms with Gasteiger partial charge in [0.05, 0.1) is 27.4 Å². The Balaban J connectivity index is 1.24. The lowest BCUT2D eigenvalue weighted by Gasteiger charge is -2.36. The second kappa shape index (κ2) is 33.7. The van der Waals surface area contributed by atoms with E-state index < -0.39 is 90.7 Å². The number of nitrogens with two attached hydrogens (primary N) is 1. The van der Waals surface area contributed by atoms with Crippen molar-refractivity contribution in [3.05, 3.63) is 12.7 Å². The fourth-order valence-electron chi connectivity index (χ4n) is 8.07. The summed E-state index contributed by atoms with van der Waals surface area (Å²) in [4.78, 5) is 97.2. The predicted octanol–water partition coefficient (Wildman–Crippen LogP) is 3.71. The zero-order valence-electron chi connectivity index (χ0n) is 42.8. The molecule has 3 heterocycles. The Bertz CT molecular complexity index is 2140. The number of nitrogen functional groups attached to an aromatic ring is 1. The Morgan fingerprint density at radius 2 is 1.35 bits per heavy atom. The smallest absolute Gasteiger partial charge is 0.274 e. The molecule has 2 amide bonds. The first-order chi connectivity index (χ1) is 35.0. The van der Waals surface area contributed by atoms with Crippen LogP contribution < -0.4 is 35.9 Å². The Labute approximate surface area is 438 Å². The van der Waals surface area contributed by atoms with Gasteiger partial charge in [-0.1, -0.05) is 161 Å². The molecule has 0 aromatic carbocycles. The van der Waals surface area contributed by atoms with Crippen LogP contribution in [0.25, 0.3) is 11.2 Å². The number of nitrogens with zero attached hydrogens (tertiary/aromatic N) is 4. The molecule has 3 rings (SSSR count). The van der Waals surface area contributed by atoms with E-state index in [9.17, 15) is 63.0 Å². The van der Waals surface area contributed by atoms with E-state index in [1.165, 1.54) is 117 Å². The number of ether oxygens (including phenoxy) is 1. The highest BCUT2D eigenvalue weighted by molar-refractivity contribution is 8.13. The van der Waals surface area contributed by atoms with Crippen LogP contribution in [-0.4, -0.2) is 114 Å². The third kappa shape index (κ3) is 25.3. The van der Waals surface area contributed by atoms with Gasteiger partial charge in [-0.05, 0) is 6.42 Å². The summed E-state index contributed by atoms with van der Waals surface area (Å²) >= 11 is 0.908. The highest BCUT2D eigenvalue weighted by Crippen LogP contribution is 2.56. The number of phosphoric ester groups is 3. The maximum Gasteiger partial charge on any atom is 0.274 e. The van der Waals surface area contributed by atoms with Crippen molar-refractivity contribution in [3.63, 3.8) is 0 Å². The van der Waals surface area contributed by atoms with Crippen molar-refractivity contribution in [2.75, 3.05) is 37.8 Å². The number of carbonyl (C=O) groups is 3. The third-order valence-electron chi connectivity index (χ3n) is 12.3. The van der Waals surface area contributed by atoms with Crippen LogP contribution >= 0.6 is 35.2 Å². The largest absolute Gasteiger partial charge is 0.790 e. The molecule has 8 atom stereocenters. The van der Waals surface area contributed by atoms with Gasteiger partial charge >= 0.3 is 0 Å². The zero-order chi connectivity index (χ0) is 54.8. The van der Waals surface area contributed by atoms with Crippen molar-refractivity contribution in [2.24, 2.45) is 5.41 Å². The Hall–Kier alpha value is -2.48. The molecule has 1 aliphatic rings. The molecule has 0 saturated carbocycles. The summed E-state index contributed by atoms with van der Waals surface area (Å²) in [6.45, 7) is 2.22. The van der Waals surface area contributed by atoms with Gasteiger partial charge in [-0.25, -0.2) is 19.3 Å². The molecular weight excluding hydrogens is 1050 g/mol. The standard InChI is InChI=1S/C45H82N7O18P3S/c1-4-5-6-7-8-9-10-11-12-13-14-15-16-17-18-19-20-21-22-23-24-33(53)44(58)74-28-27-47-35(54)25-26-48-42(57)39(56)45(2,3)30-67-73(64,65)70-72(62,63)66-29-34-38(69-71(59,60)61)37(55)43(68-34)52-32-51-36-40(46)49-31-50-41(36)52/h31-34,37-39,43,53,55-56H,4-30H2,1-3H3,(H,47,54)(H,48,57)(H,62,63)(H,64,65)(H2,46,49,50)(H2,59,60,61)/p-4/t33?,34-,37-,38-,39+,43-/m1/s1. The molecule has 3 unspecified atom stereocenters. The van der Waals surface area contributed by atoms with E-state index in [1.807, 2.05) is 0 Å². The number of aliphatic hydroxyl groups excluding tert-OH is 3. The van der Waals surface area contributed by atoms with Crippen LogP contribution in [0.5, 0.6) is 0 Å². The number of fused-ring (bicyclic) bond motifs is 1. The number of aliphatic hydroxyl groups is 3. The Kier molecular flexibility index (Phi) is 30.0. The van der Waals surface area contributed by atoms with Gasteiger partial charge in [0.15, 0.2) is 17.7 Å². The number of phosphoric acid groups is 3. The van der Waals surface area contributed by atoms with Gasteiger partial charge in [0, 0.05) is 30.7 Å². The van der Waals surface area contributed by atoms with Crippen molar-refractivity contribution >= 4 is 69.1 Å². The normalized spacial score (nSPS) is 19.8. The minimum Gasteiger partial charge on any atom is -0.790 e. The second-order valence-corrected chi connectivity index (χ2v) is 24.3. The minimum absolute atomic E-state index is 0.0234. The molecule has 0 spiro atoms. The topological polar surface area (TPSA) is 395 Å². The summed E-state index contributed by atoms with van der Waals surface area (Å²) in [5.74, 6) is -1.39. The minimum atomic E-state index is -5.93. The van der Waals surface area contributed by atoms with Crippen molar-refractivity contribution in [3.8, 4) is 0 Å². The van der Waals surface area contributed by atoms with Gasteiger partial charge in [-0.15, -0.1) is 0 Å². The molecule has 0 radical (unpaired) electrons. The first kappa shape index (κ1) is 65.8. The summed E-state index contributed by atoms with van der Waals surface area (Å²) in [6.07, 6.45) is 17.0. The fourth-order valence-corrected chi connectivity index (χ4v) is 11.5. The summed E-state index contributed by atoms with van der Waals surface area (Å²) in [5, 5.41) is 36.3. The van der Waals surface area contributed by atoms with Crippen molar-refractivity contribution in [1.29, 1.82) is 0 Å². The van der Waals surface area contributed by atoms with Gasteiger partial charge in [0.2, 0.25) is 16.9 Å². The molecule has 1 saturated heterocycles.